The first-order valence-corrected chi connectivity index (χ1v) is 4.89. The van der Waals surface area contributed by atoms with E-state index in [1.165, 1.54) is 27.8 Å². The lowest BCUT2D eigenvalue weighted by atomic mass is 9.72. The zero-order valence-corrected chi connectivity index (χ0v) is 9.52. The first kappa shape index (κ1) is 10.4. The molecular formula is C9H16B3N. The molecule has 1 aromatic rings. The maximum absolute atomic E-state index is 4.56. The van der Waals surface area contributed by atoms with E-state index in [4.69, 9.17) is 0 Å². The summed E-state index contributed by atoms with van der Waals surface area (Å²) in [6.45, 7) is 6.54. The lowest BCUT2D eigenvalue weighted by molar-refractivity contribution is 0.874. The summed E-state index contributed by atoms with van der Waals surface area (Å²) in [6.07, 6.45) is 0. The summed E-state index contributed by atoms with van der Waals surface area (Å²) < 4.78 is 0. The number of rotatable bonds is 1. The molecule has 0 aliphatic heterocycles. The highest BCUT2D eigenvalue weighted by atomic mass is 14.7. The van der Waals surface area contributed by atoms with Crippen LogP contribution in [0.5, 0.6) is 0 Å². The Morgan fingerprint density at radius 1 is 1.08 bits per heavy atom. The minimum Gasteiger partial charge on any atom is -0.269 e. The van der Waals surface area contributed by atoms with Crippen LogP contribution in [0.2, 0.25) is 0 Å². The Balaban J connectivity index is 3.44. The zero-order valence-electron chi connectivity index (χ0n) is 9.52. The van der Waals surface area contributed by atoms with Gasteiger partial charge in [-0.3, -0.25) is 4.98 Å². The fourth-order valence-corrected chi connectivity index (χ4v) is 1.99. The van der Waals surface area contributed by atoms with Gasteiger partial charge in [0.15, 0.2) is 7.85 Å². The van der Waals surface area contributed by atoms with Gasteiger partial charge >= 0.3 is 0 Å². The average Bonchev–Trinajstić information content (AvgIpc) is 1.99. The second-order valence-corrected chi connectivity index (χ2v) is 4.10. The molecule has 0 saturated heterocycles. The van der Waals surface area contributed by atoms with Crippen molar-refractivity contribution in [1.82, 2.24) is 4.98 Å². The first-order chi connectivity index (χ1) is 5.95. The summed E-state index contributed by atoms with van der Waals surface area (Å²) in [5.74, 6) is 0.576. The van der Waals surface area contributed by atoms with Crippen LogP contribution in [0.4, 0.5) is 0 Å². The van der Waals surface area contributed by atoms with E-state index in [1.807, 2.05) is 0 Å². The van der Waals surface area contributed by atoms with E-state index < -0.39 is 0 Å². The highest BCUT2D eigenvalue weighted by Gasteiger charge is 2.10. The van der Waals surface area contributed by atoms with E-state index in [2.05, 4.69) is 49.3 Å². The summed E-state index contributed by atoms with van der Waals surface area (Å²) in [5, 5.41) is 0. The van der Waals surface area contributed by atoms with Crippen LogP contribution in [0, 0.1) is 6.92 Å². The lowest BCUT2D eigenvalue weighted by Gasteiger charge is -2.17. The summed E-state index contributed by atoms with van der Waals surface area (Å²) in [5.41, 5.74) is 6.53. The molecule has 0 bridgehead atoms. The van der Waals surface area contributed by atoms with Crippen LogP contribution in [-0.4, -0.2) is 28.5 Å². The van der Waals surface area contributed by atoms with Crippen LogP contribution in [0.3, 0.4) is 0 Å². The molecular weight excluding hydrogens is 155 g/mol. The molecule has 1 aromatic heterocycles. The third-order valence-corrected chi connectivity index (χ3v) is 2.81. The quantitative estimate of drug-likeness (QED) is 0.418. The van der Waals surface area contributed by atoms with Crippen molar-refractivity contribution in [2.24, 2.45) is 0 Å². The van der Waals surface area contributed by atoms with Crippen LogP contribution in [-0.2, 0) is 0 Å². The predicted octanol–water partition coefficient (Wildman–Crippen LogP) is -2.71. The lowest BCUT2D eigenvalue weighted by Crippen LogP contribution is -2.40. The Bertz CT molecular complexity index is 334. The van der Waals surface area contributed by atoms with E-state index in [0.29, 0.717) is 5.92 Å². The minimum atomic E-state index is 0.576. The Labute approximate surface area is 83.6 Å². The van der Waals surface area contributed by atoms with Crippen molar-refractivity contribution in [1.29, 1.82) is 0 Å². The highest BCUT2D eigenvalue weighted by Crippen LogP contribution is 2.06. The third kappa shape index (κ3) is 1.82. The fourth-order valence-electron chi connectivity index (χ4n) is 1.99. The average molecular weight is 171 g/mol. The number of nitrogens with zero attached hydrogens (tertiary/aromatic N) is 1. The standard InChI is InChI=1S/C9H16B3N/c1-4(2)6-8(11)7(10)5(3)13-9(6)12/h4H,10-12H2,1-3H3. The van der Waals surface area contributed by atoms with Gasteiger partial charge in [-0.2, -0.15) is 0 Å². The topological polar surface area (TPSA) is 12.9 Å². The van der Waals surface area contributed by atoms with E-state index >= 15 is 0 Å². The fraction of sp³-hybridized carbons (Fsp3) is 0.444. The smallest absolute Gasteiger partial charge is 0.164 e. The second-order valence-electron chi connectivity index (χ2n) is 4.10. The van der Waals surface area contributed by atoms with Gasteiger partial charge in [-0.25, -0.2) is 0 Å². The van der Waals surface area contributed by atoms with Crippen molar-refractivity contribution < 1.29 is 0 Å². The van der Waals surface area contributed by atoms with Gasteiger partial charge in [0.25, 0.3) is 0 Å². The molecule has 0 atom stereocenters. The van der Waals surface area contributed by atoms with Crippen molar-refractivity contribution in [2.45, 2.75) is 26.7 Å². The molecule has 0 aliphatic carbocycles. The number of pyridine rings is 1. The van der Waals surface area contributed by atoms with Crippen molar-refractivity contribution in [3.05, 3.63) is 11.3 Å². The van der Waals surface area contributed by atoms with E-state index in [1.54, 1.807) is 0 Å². The Kier molecular flexibility index (Phi) is 2.89. The van der Waals surface area contributed by atoms with Gasteiger partial charge in [0, 0.05) is 5.69 Å². The van der Waals surface area contributed by atoms with Gasteiger partial charge < -0.3 is 0 Å². The molecule has 0 amide bonds. The van der Waals surface area contributed by atoms with Crippen LogP contribution >= 0.6 is 0 Å². The molecule has 0 radical (unpaired) electrons. The number of hydrogen-bond donors (Lipinski definition) is 0. The molecule has 4 heteroatoms. The monoisotopic (exact) mass is 171 g/mol. The van der Waals surface area contributed by atoms with Gasteiger partial charge in [-0.05, 0) is 24.0 Å². The van der Waals surface area contributed by atoms with Crippen LogP contribution in [0.25, 0.3) is 0 Å². The maximum Gasteiger partial charge on any atom is 0.164 e. The SMILES string of the molecule is Bc1nc(C)c(B)c(B)c1C(C)C. The van der Waals surface area contributed by atoms with Gasteiger partial charge in [0.2, 0.25) is 0 Å². The molecule has 1 rings (SSSR count). The number of aryl methyl sites for hydroxylation is 1. The number of hydrogen-bond acceptors (Lipinski definition) is 1. The summed E-state index contributed by atoms with van der Waals surface area (Å²) >= 11 is 0. The van der Waals surface area contributed by atoms with Crippen molar-refractivity contribution in [3.63, 3.8) is 0 Å². The molecule has 1 heterocycles. The normalized spacial score (nSPS) is 10.8. The van der Waals surface area contributed by atoms with Crippen LogP contribution < -0.4 is 16.5 Å². The molecule has 0 unspecified atom stereocenters. The van der Waals surface area contributed by atoms with E-state index in [9.17, 15) is 0 Å². The van der Waals surface area contributed by atoms with E-state index in [0.717, 1.165) is 0 Å². The maximum atomic E-state index is 4.56. The van der Waals surface area contributed by atoms with Crippen molar-refractivity contribution in [3.8, 4) is 0 Å². The van der Waals surface area contributed by atoms with Crippen LogP contribution in [0.15, 0.2) is 0 Å². The first-order valence-electron chi connectivity index (χ1n) is 4.89. The molecule has 66 valence electrons. The van der Waals surface area contributed by atoms with Gasteiger partial charge in [0.1, 0.15) is 15.7 Å². The molecule has 0 saturated carbocycles. The molecule has 0 fully saturated rings. The largest absolute Gasteiger partial charge is 0.269 e. The Morgan fingerprint density at radius 3 is 2.08 bits per heavy atom. The molecule has 13 heavy (non-hydrogen) atoms. The zero-order chi connectivity index (χ0) is 10.2. The highest BCUT2D eigenvalue weighted by molar-refractivity contribution is 6.51. The van der Waals surface area contributed by atoms with Crippen molar-refractivity contribution >= 4 is 40.1 Å². The molecule has 1 nitrogen and oxygen atoms in total. The molecule has 0 N–H and O–H groups in total. The Hall–Kier alpha value is -0.655. The molecule has 0 aromatic carbocycles. The van der Waals surface area contributed by atoms with Crippen molar-refractivity contribution in [2.75, 3.05) is 0 Å². The second kappa shape index (κ2) is 3.61. The summed E-state index contributed by atoms with van der Waals surface area (Å²) in [6, 6.07) is 0. The third-order valence-electron chi connectivity index (χ3n) is 2.81. The van der Waals surface area contributed by atoms with Gasteiger partial charge in [-0.15, -0.1) is 0 Å². The number of aromatic nitrogens is 1. The summed E-state index contributed by atoms with van der Waals surface area (Å²) in [7, 11) is 6.46. The van der Waals surface area contributed by atoms with Crippen LogP contribution in [0.1, 0.15) is 31.0 Å². The van der Waals surface area contributed by atoms with Gasteiger partial charge in [0.05, 0.1) is 0 Å². The Morgan fingerprint density at radius 2 is 1.62 bits per heavy atom. The predicted molar refractivity (Wildman–Crippen MR) is 67.6 cm³/mol. The molecule has 0 aliphatic rings. The van der Waals surface area contributed by atoms with E-state index in [-0.39, 0.29) is 0 Å². The minimum absolute atomic E-state index is 0.576. The van der Waals surface area contributed by atoms with Gasteiger partial charge in [-0.1, -0.05) is 24.8 Å². The summed E-state index contributed by atoms with van der Waals surface area (Å²) in [4.78, 5) is 4.56. The molecule has 0 spiro atoms.